The molecule has 0 aliphatic rings. The van der Waals surface area contributed by atoms with Gasteiger partial charge in [0.15, 0.2) is 0 Å². The third-order valence-electron chi connectivity index (χ3n) is 1.84. The predicted molar refractivity (Wildman–Crippen MR) is 56.8 cm³/mol. The summed E-state index contributed by atoms with van der Waals surface area (Å²) in [5.41, 5.74) is 2.32. The van der Waals surface area contributed by atoms with E-state index in [1.807, 2.05) is 0 Å². The van der Waals surface area contributed by atoms with E-state index in [2.05, 4.69) is 43.1 Å². The maximum atomic E-state index is 4.04. The summed E-state index contributed by atoms with van der Waals surface area (Å²) in [7, 11) is 0. The molecular formula is C10H13NS. The van der Waals surface area contributed by atoms with Crippen molar-refractivity contribution in [1.29, 1.82) is 0 Å². The smallest absolute Gasteiger partial charge is 0.0789 e. The molecule has 1 rings (SSSR count). The largest absolute Gasteiger partial charge is 0.263 e. The predicted octanol–water partition coefficient (Wildman–Crippen LogP) is 3.30. The maximum Gasteiger partial charge on any atom is 0.0789 e. The van der Waals surface area contributed by atoms with Crippen LogP contribution in [0.1, 0.15) is 12.5 Å². The number of rotatable bonds is 3. The van der Waals surface area contributed by atoms with E-state index in [1.165, 1.54) is 10.5 Å². The summed E-state index contributed by atoms with van der Waals surface area (Å²) in [5, 5.41) is 0. The highest BCUT2D eigenvalue weighted by Crippen LogP contribution is 2.31. The van der Waals surface area contributed by atoms with E-state index in [0.29, 0.717) is 0 Å². The number of hydrogen-bond donors (Lipinski definition) is 0. The zero-order valence-corrected chi connectivity index (χ0v) is 8.32. The molecule has 0 aromatic heterocycles. The third kappa shape index (κ3) is 1.69. The molecule has 0 spiro atoms. The van der Waals surface area contributed by atoms with Crippen LogP contribution >= 0.6 is 11.8 Å². The van der Waals surface area contributed by atoms with Crippen LogP contribution in [0.25, 0.3) is 0 Å². The molecule has 0 saturated heterocycles. The molecule has 0 bridgehead atoms. The van der Waals surface area contributed by atoms with Crippen LogP contribution in [0, 0.1) is 0 Å². The lowest BCUT2D eigenvalue weighted by atomic mass is 10.1. The van der Waals surface area contributed by atoms with Crippen molar-refractivity contribution in [1.82, 2.24) is 0 Å². The molecular weight excluding hydrogens is 166 g/mol. The van der Waals surface area contributed by atoms with Gasteiger partial charge < -0.3 is 0 Å². The SMILES string of the molecule is C=Nc1c(CC)cccc1SC. The Labute approximate surface area is 77.9 Å². The van der Waals surface area contributed by atoms with E-state index in [-0.39, 0.29) is 0 Å². The highest BCUT2D eigenvalue weighted by atomic mass is 32.2. The maximum absolute atomic E-state index is 4.04. The molecule has 12 heavy (non-hydrogen) atoms. The van der Waals surface area contributed by atoms with Gasteiger partial charge in [0.1, 0.15) is 0 Å². The van der Waals surface area contributed by atoms with E-state index in [0.717, 1.165) is 12.1 Å². The number of thioether (sulfide) groups is 1. The second-order valence-electron chi connectivity index (χ2n) is 2.48. The average Bonchev–Trinajstić information content (AvgIpc) is 2.16. The molecule has 0 fully saturated rings. The molecule has 64 valence electrons. The molecule has 1 aromatic rings. The lowest BCUT2D eigenvalue weighted by molar-refractivity contribution is 1.12. The molecule has 2 heteroatoms. The van der Waals surface area contributed by atoms with Crippen molar-refractivity contribution in [3.05, 3.63) is 23.8 Å². The number of aryl methyl sites for hydroxylation is 1. The van der Waals surface area contributed by atoms with Crippen LogP contribution < -0.4 is 0 Å². The zero-order chi connectivity index (χ0) is 8.97. The van der Waals surface area contributed by atoms with Gasteiger partial charge in [0.2, 0.25) is 0 Å². The molecule has 1 aromatic carbocycles. The van der Waals surface area contributed by atoms with Crippen LogP contribution in [-0.2, 0) is 6.42 Å². The lowest BCUT2D eigenvalue weighted by Gasteiger charge is -2.06. The van der Waals surface area contributed by atoms with Gasteiger partial charge in [-0.05, 0) is 31.0 Å². The Morgan fingerprint density at radius 1 is 1.50 bits per heavy atom. The van der Waals surface area contributed by atoms with Crippen LogP contribution in [-0.4, -0.2) is 13.0 Å². The molecule has 0 aliphatic heterocycles. The Morgan fingerprint density at radius 3 is 2.75 bits per heavy atom. The molecule has 1 nitrogen and oxygen atoms in total. The molecule has 0 saturated carbocycles. The summed E-state index contributed by atoms with van der Waals surface area (Å²) < 4.78 is 0. The van der Waals surface area contributed by atoms with Crippen LogP contribution in [0.15, 0.2) is 28.1 Å². The highest BCUT2D eigenvalue weighted by molar-refractivity contribution is 7.98. The van der Waals surface area contributed by atoms with Gasteiger partial charge in [-0.15, -0.1) is 11.8 Å². The van der Waals surface area contributed by atoms with Gasteiger partial charge in [-0.1, -0.05) is 19.1 Å². The van der Waals surface area contributed by atoms with Crippen LogP contribution in [0.4, 0.5) is 5.69 Å². The summed E-state index contributed by atoms with van der Waals surface area (Å²) in [5.74, 6) is 0. The first-order chi connectivity index (χ1) is 5.83. The summed E-state index contributed by atoms with van der Waals surface area (Å²) in [6.45, 7) is 5.72. The van der Waals surface area contributed by atoms with Crippen molar-refractivity contribution in [3.8, 4) is 0 Å². The molecule has 0 unspecified atom stereocenters. The van der Waals surface area contributed by atoms with Crippen molar-refractivity contribution in [2.45, 2.75) is 18.2 Å². The average molecular weight is 179 g/mol. The van der Waals surface area contributed by atoms with Crippen molar-refractivity contribution in [3.63, 3.8) is 0 Å². The zero-order valence-electron chi connectivity index (χ0n) is 7.50. The molecule has 0 aliphatic carbocycles. The first-order valence-corrected chi connectivity index (χ1v) is 5.18. The Balaban J connectivity index is 3.21. The molecule has 0 N–H and O–H groups in total. The molecule has 0 radical (unpaired) electrons. The van der Waals surface area contributed by atoms with Gasteiger partial charge in [0.05, 0.1) is 5.69 Å². The van der Waals surface area contributed by atoms with Crippen molar-refractivity contribution in [2.75, 3.05) is 6.26 Å². The number of hydrogen-bond acceptors (Lipinski definition) is 2. The second kappa shape index (κ2) is 4.31. The fourth-order valence-electron chi connectivity index (χ4n) is 1.20. The number of benzene rings is 1. The van der Waals surface area contributed by atoms with Gasteiger partial charge in [0.25, 0.3) is 0 Å². The highest BCUT2D eigenvalue weighted by Gasteiger charge is 2.02. The number of para-hydroxylation sites is 1. The monoisotopic (exact) mass is 179 g/mol. The standard InChI is InChI=1S/C10H13NS/c1-4-8-6-5-7-9(12-3)10(8)11-2/h5-7H,2,4H2,1,3H3. The van der Waals surface area contributed by atoms with Crippen LogP contribution in [0.2, 0.25) is 0 Å². The minimum Gasteiger partial charge on any atom is -0.263 e. The first kappa shape index (κ1) is 9.33. The Morgan fingerprint density at radius 2 is 2.25 bits per heavy atom. The number of nitrogens with zero attached hydrogens (tertiary/aromatic N) is 1. The second-order valence-corrected chi connectivity index (χ2v) is 3.33. The van der Waals surface area contributed by atoms with E-state index in [1.54, 1.807) is 11.8 Å². The summed E-state index contributed by atoms with van der Waals surface area (Å²) >= 11 is 1.72. The Hall–Kier alpha value is -0.760. The topological polar surface area (TPSA) is 12.4 Å². The Kier molecular flexibility index (Phi) is 3.35. The van der Waals surface area contributed by atoms with Crippen molar-refractivity contribution >= 4 is 24.2 Å². The summed E-state index contributed by atoms with van der Waals surface area (Å²) in [6.07, 6.45) is 3.08. The van der Waals surface area contributed by atoms with Crippen LogP contribution in [0.5, 0.6) is 0 Å². The van der Waals surface area contributed by atoms with E-state index >= 15 is 0 Å². The molecule has 0 heterocycles. The fourth-order valence-corrected chi connectivity index (χ4v) is 1.80. The quantitative estimate of drug-likeness (QED) is 0.512. The van der Waals surface area contributed by atoms with Crippen molar-refractivity contribution in [2.24, 2.45) is 4.99 Å². The van der Waals surface area contributed by atoms with Crippen molar-refractivity contribution < 1.29 is 0 Å². The molecule has 0 atom stereocenters. The fraction of sp³-hybridized carbons (Fsp3) is 0.300. The molecule has 0 amide bonds. The van der Waals surface area contributed by atoms with Crippen LogP contribution in [0.3, 0.4) is 0 Å². The van der Waals surface area contributed by atoms with Gasteiger partial charge >= 0.3 is 0 Å². The minimum absolute atomic E-state index is 1.02. The van der Waals surface area contributed by atoms with E-state index in [9.17, 15) is 0 Å². The first-order valence-electron chi connectivity index (χ1n) is 3.96. The summed E-state index contributed by atoms with van der Waals surface area (Å²) in [4.78, 5) is 5.25. The van der Waals surface area contributed by atoms with E-state index in [4.69, 9.17) is 0 Å². The van der Waals surface area contributed by atoms with Gasteiger partial charge in [-0.3, -0.25) is 4.99 Å². The van der Waals surface area contributed by atoms with Gasteiger partial charge in [0, 0.05) is 4.90 Å². The minimum atomic E-state index is 1.02. The van der Waals surface area contributed by atoms with Gasteiger partial charge in [-0.25, -0.2) is 0 Å². The third-order valence-corrected chi connectivity index (χ3v) is 2.61. The lowest BCUT2D eigenvalue weighted by Crippen LogP contribution is -1.82. The normalized spacial score (nSPS) is 9.83. The summed E-state index contributed by atoms with van der Waals surface area (Å²) in [6, 6.07) is 6.25. The number of aliphatic imine (C=N–C) groups is 1. The Bertz CT molecular complexity index is 259. The van der Waals surface area contributed by atoms with E-state index < -0.39 is 0 Å². The van der Waals surface area contributed by atoms with Gasteiger partial charge in [-0.2, -0.15) is 0 Å².